The van der Waals surface area contributed by atoms with E-state index in [0.717, 1.165) is 6.42 Å². The SMILES string of the molecule is CC[C@H](C)n1c(SCc2cc(C(=O)OC)c(C)o2)nc2ccccc2c1=O. The minimum atomic E-state index is -0.423. The zero-order valence-corrected chi connectivity index (χ0v) is 16.6. The van der Waals surface area contributed by atoms with Gasteiger partial charge in [-0.05, 0) is 38.5 Å². The van der Waals surface area contributed by atoms with E-state index < -0.39 is 5.97 Å². The van der Waals surface area contributed by atoms with Crippen molar-refractivity contribution in [1.82, 2.24) is 9.55 Å². The monoisotopic (exact) mass is 386 g/mol. The summed E-state index contributed by atoms with van der Waals surface area (Å²) in [5.74, 6) is 1.19. The van der Waals surface area contributed by atoms with Gasteiger partial charge in [0.25, 0.3) is 5.56 Å². The Balaban J connectivity index is 1.97. The number of hydrogen-bond acceptors (Lipinski definition) is 6. The molecule has 0 spiro atoms. The third kappa shape index (κ3) is 3.78. The average Bonchev–Trinajstić information content (AvgIpc) is 3.06. The fraction of sp³-hybridized carbons (Fsp3) is 0.350. The number of esters is 1. The first-order chi connectivity index (χ1) is 13.0. The number of carbonyl (C=O) groups is 1. The Morgan fingerprint density at radius 1 is 1.37 bits per heavy atom. The van der Waals surface area contributed by atoms with Gasteiger partial charge in [0.2, 0.25) is 0 Å². The molecule has 0 radical (unpaired) electrons. The predicted octanol–water partition coefficient (Wildman–Crippen LogP) is 4.35. The molecule has 0 N–H and O–H groups in total. The molecular formula is C20H22N2O4S. The first kappa shape index (κ1) is 19.2. The number of methoxy groups -OCH3 is 1. The van der Waals surface area contributed by atoms with E-state index in [4.69, 9.17) is 14.1 Å². The fourth-order valence-electron chi connectivity index (χ4n) is 2.86. The van der Waals surface area contributed by atoms with Gasteiger partial charge in [-0.25, -0.2) is 9.78 Å². The molecule has 142 valence electrons. The third-order valence-corrected chi connectivity index (χ3v) is 5.50. The van der Waals surface area contributed by atoms with Crippen molar-refractivity contribution in [3.8, 4) is 0 Å². The molecule has 0 aliphatic rings. The summed E-state index contributed by atoms with van der Waals surface area (Å²) in [5, 5.41) is 1.26. The topological polar surface area (TPSA) is 74.3 Å². The van der Waals surface area contributed by atoms with Crippen LogP contribution >= 0.6 is 11.8 Å². The maximum atomic E-state index is 13.0. The van der Waals surface area contributed by atoms with Crippen LogP contribution in [0.25, 0.3) is 10.9 Å². The largest absolute Gasteiger partial charge is 0.465 e. The number of ether oxygens (including phenoxy) is 1. The van der Waals surface area contributed by atoms with Gasteiger partial charge >= 0.3 is 5.97 Å². The molecule has 3 aromatic rings. The van der Waals surface area contributed by atoms with Crippen LogP contribution in [0.3, 0.4) is 0 Å². The number of rotatable bonds is 6. The van der Waals surface area contributed by atoms with Crippen molar-refractivity contribution in [3.63, 3.8) is 0 Å². The van der Waals surface area contributed by atoms with Crippen molar-refractivity contribution >= 4 is 28.6 Å². The van der Waals surface area contributed by atoms with E-state index in [9.17, 15) is 9.59 Å². The van der Waals surface area contributed by atoms with Gasteiger partial charge < -0.3 is 9.15 Å². The Bertz CT molecular complexity index is 1040. The number of hydrogen-bond donors (Lipinski definition) is 0. The van der Waals surface area contributed by atoms with Crippen molar-refractivity contribution in [1.29, 1.82) is 0 Å². The molecule has 0 saturated heterocycles. The maximum Gasteiger partial charge on any atom is 0.341 e. The van der Waals surface area contributed by atoms with E-state index in [1.54, 1.807) is 23.6 Å². The van der Waals surface area contributed by atoms with Gasteiger partial charge in [0, 0.05) is 6.04 Å². The molecule has 0 unspecified atom stereocenters. The van der Waals surface area contributed by atoms with Gasteiger partial charge in [-0.1, -0.05) is 30.8 Å². The van der Waals surface area contributed by atoms with E-state index in [1.165, 1.54) is 18.9 Å². The Hall–Kier alpha value is -2.54. The number of aromatic nitrogens is 2. The van der Waals surface area contributed by atoms with Crippen LogP contribution in [0.4, 0.5) is 0 Å². The zero-order chi connectivity index (χ0) is 19.6. The van der Waals surface area contributed by atoms with Crippen LogP contribution < -0.4 is 5.56 Å². The normalized spacial score (nSPS) is 12.3. The Morgan fingerprint density at radius 2 is 2.11 bits per heavy atom. The van der Waals surface area contributed by atoms with E-state index in [-0.39, 0.29) is 11.6 Å². The van der Waals surface area contributed by atoms with Crippen LogP contribution in [-0.4, -0.2) is 22.6 Å². The van der Waals surface area contributed by atoms with E-state index in [1.807, 2.05) is 32.0 Å². The second-order valence-electron chi connectivity index (χ2n) is 6.31. The fourth-order valence-corrected chi connectivity index (χ4v) is 3.84. The van der Waals surface area contributed by atoms with Crippen LogP contribution in [0.1, 0.15) is 48.2 Å². The summed E-state index contributed by atoms with van der Waals surface area (Å²) in [6, 6.07) is 9.07. The molecule has 27 heavy (non-hydrogen) atoms. The summed E-state index contributed by atoms with van der Waals surface area (Å²) in [6.45, 7) is 5.78. The van der Waals surface area contributed by atoms with Crippen molar-refractivity contribution < 1.29 is 13.9 Å². The van der Waals surface area contributed by atoms with Gasteiger partial charge in [0.05, 0.1) is 23.8 Å². The number of furan rings is 1. The van der Waals surface area contributed by atoms with Crippen molar-refractivity contribution in [2.24, 2.45) is 0 Å². The smallest absolute Gasteiger partial charge is 0.341 e. The minimum Gasteiger partial charge on any atom is -0.465 e. The molecule has 2 aromatic heterocycles. The Kier molecular flexibility index (Phi) is 5.70. The molecule has 3 rings (SSSR count). The van der Waals surface area contributed by atoms with E-state index >= 15 is 0 Å². The molecule has 1 aromatic carbocycles. The third-order valence-electron chi connectivity index (χ3n) is 4.52. The lowest BCUT2D eigenvalue weighted by Crippen LogP contribution is -2.26. The van der Waals surface area contributed by atoms with E-state index in [0.29, 0.717) is 38.9 Å². The maximum absolute atomic E-state index is 13.0. The molecule has 0 bridgehead atoms. The number of benzene rings is 1. The van der Waals surface area contributed by atoms with Gasteiger partial charge in [-0.3, -0.25) is 9.36 Å². The van der Waals surface area contributed by atoms with Crippen LogP contribution in [0.15, 0.2) is 44.7 Å². The standard InChI is InChI=1S/C20H22N2O4S/c1-5-12(2)22-18(23)15-8-6-7-9-17(15)21-20(22)27-11-14-10-16(13(3)26-14)19(24)25-4/h6-10,12H,5,11H2,1-4H3/t12-/m0/s1. The second-order valence-corrected chi connectivity index (χ2v) is 7.25. The summed E-state index contributed by atoms with van der Waals surface area (Å²) < 4.78 is 12.2. The van der Waals surface area contributed by atoms with Crippen molar-refractivity contribution in [3.05, 3.63) is 57.8 Å². The zero-order valence-electron chi connectivity index (χ0n) is 15.8. The summed E-state index contributed by atoms with van der Waals surface area (Å²) in [6.07, 6.45) is 0.819. The van der Waals surface area contributed by atoms with Crippen LogP contribution in [-0.2, 0) is 10.5 Å². The number of para-hydroxylation sites is 1. The van der Waals surface area contributed by atoms with Gasteiger partial charge in [-0.2, -0.15) is 0 Å². The van der Waals surface area contributed by atoms with Crippen LogP contribution in [0.5, 0.6) is 0 Å². The molecule has 6 nitrogen and oxygen atoms in total. The van der Waals surface area contributed by atoms with E-state index in [2.05, 4.69) is 0 Å². The molecule has 0 aliphatic heterocycles. The highest BCUT2D eigenvalue weighted by Gasteiger charge is 2.18. The summed E-state index contributed by atoms with van der Waals surface area (Å²) in [7, 11) is 1.34. The van der Waals surface area contributed by atoms with Crippen molar-refractivity contribution in [2.75, 3.05) is 7.11 Å². The van der Waals surface area contributed by atoms with Crippen LogP contribution in [0.2, 0.25) is 0 Å². The lowest BCUT2D eigenvalue weighted by molar-refractivity contribution is 0.0599. The van der Waals surface area contributed by atoms with Gasteiger partial charge in [0.15, 0.2) is 5.16 Å². The highest BCUT2D eigenvalue weighted by Crippen LogP contribution is 2.27. The summed E-state index contributed by atoms with van der Waals surface area (Å²) in [4.78, 5) is 29.4. The lowest BCUT2D eigenvalue weighted by Gasteiger charge is -2.17. The predicted molar refractivity (Wildman–Crippen MR) is 105 cm³/mol. The number of thioether (sulfide) groups is 1. The number of carbonyl (C=O) groups excluding carboxylic acids is 1. The number of fused-ring (bicyclic) bond motifs is 1. The lowest BCUT2D eigenvalue weighted by atomic mass is 10.2. The molecule has 0 fully saturated rings. The molecule has 1 atom stereocenters. The number of aryl methyl sites for hydroxylation is 1. The Labute approximate surface area is 161 Å². The highest BCUT2D eigenvalue weighted by atomic mass is 32.2. The number of nitrogens with zero attached hydrogens (tertiary/aromatic N) is 2. The average molecular weight is 386 g/mol. The highest BCUT2D eigenvalue weighted by molar-refractivity contribution is 7.98. The molecule has 0 saturated carbocycles. The molecule has 0 amide bonds. The van der Waals surface area contributed by atoms with Crippen LogP contribution in [0, 0.1) is 6.92 Å². The van der Waals surface area contributed by atoms with Crippen molar-refractivity contribution in [2.45, 2.75) is 44.1 Å². The molecule has 7 heteroatoms. The summed E-state index contributed by atoms with van der Waals surface area (Å²) in [5.41, 5.74) is 1.05. The molecule has 2 heterocycles. The quantitative estimate of drug-likeness (QED) is 0.356. The molecule has 0 aliphatic carbocycles. The summed E-state index contributed by atoms with van der Waals surface area (Å²) >= 11 is 1.42. The molecular weight excluding hydrogens is 364 g/mol. The van der Waals surface area contributed by atoms with Gasteiger partial charge in [0.1, 0.15) is 17.1 Å². The minimum absolute atomic E-state index is 0.0288. The first-order valence-electron chi connectivity index (χ1n) is 8.78. The second kappa shape index (κ2) is 8.00. The first-order valence-corrected chi connectivity index (χ1v) is 9.76. The Morgan fingerprint density at radius 3 is 2.81 bits per heavy atom. The van der Waals surface area contributed by atoms with Gasteiger partial charge in [-0.15, -0.1) is 0 Å².